The maximum absolute atomic E-state index is 12.1. The summed E-state index contributed by atoms with van der Waals surface area (Å²) in [5.41, 5.74) is -0.318. The molecule has 19 heavy (non-hydrogen) atoms. The standard InChI is InChI=1S/C13H17NO5/c15-4-6-18-5-3-14-12(17)10-8(7-16)11-13(19-11)2-1-9(10)13/h1-2,7-11,15H,3-6H2,(H,14,17). The van der Waals surface area contributed by atoms with Gasteiger partial charge in [0.1, 0.15) is 18.0 Å². The normalized spacial score (nSPS) is 41.1. The lowest BCUT2D eigenvalue weighted by molar-refractivity contribution is -0.132. The number of aliphatic hydroxyl groups is 1. The number of carbonyl (C=O) groups excluding carboxylic acids is 2. The number of ether oxygens (including phenoxy) is 2. The third-order valence-corrected chi connectivity index (χ3v) is 4.20. The number of aldehydes is 1. The number of hydrogen-bond acceptors (Lipinski definition) is 5. The lowest BCUT2D eigenvalue weighted by Crippen LogP contribution is -2.42. The first kappa shape index (κ1) is 12.8. The minimum absolute atomic E-state index is 0.0296. The van der Waals surface area contributed by atoms with E-state index in [0.717, 1.165) is 6.29 Å². The van der Waals surface area contributed by atoms with Crippen LogP contribution >= 0.6 is 0 Å². The molecule has 0 aromatic heterocycles. The Balaban J connectivity index is 1.52. The van der Waals surface area contributed by atoms with Gasteiger partial charge < -0.3 is 24.7 Å². The second-order valence-corrected chi connectivity index (χ2v) is 5.14. The van der Waals surface area contributed by atoms with E-state index in [9.17, 15) is 9.59 Å². The van der Waals surface area contributed by atoms with Gasteiger partial charge in [-0.15, -0.1) is 0 Å². The Labute approximate surface area is 110 Å². The van der Waals surface area contributed by atoms with Crippen molar-refractivity contribution in [1.29, 1.82) is 0 Å². The maximum Gasteiger partial charge on any atom is 0.224 e. The molecule has 3 aliphatic rings. The van der Waals surface area contributed by atoms with Crippen molar-refractivity contribution < 1.29 is 24.2 Å². The van der Waals surface area contributed by atoms with Crippen LogP contribution in [0, 0.1) is 17.8 Å². The molecule has 1 amide bonds. The van der Waals surface area contributed by atoms with Crippen LogP contribution in [0.1, 0.15) is 0 Å². The topological polar surface area (TPSA) is 88.2 Å². The van der Waals surface area contributed by atoms with Gasteiger partial charge in [-0.25, -0.2) is 0 Å². The Bertz CT molecular complexity index is 423. The van der Waals surface area contributed by atoms with Crippen molar-refractivity contribution in [2.45, 2.75) is 11.7 Å². The Morgan fingerprint density at radius 3 is 3.00 bits per heavy atom. The molecule has 5 unspecified atom stereocenters. The van der Waals surface area contributed by atoms with E-state index in [2.05, 4.69) is 5.32 Å². The number of nitrogens with one attached hydrogen (secondary N) is 1. The summed E-state index contributed by atoms with van der Waals surface area (Å²) < 4.78 is 10.6. The molecular weight excluding hydrogens is 250 g/mol. The Kier molecular flexibility index (Phi) is 3.16. The third kappa shape index (κ3) is 1.82. The molecule has 0 radical (unpaired) electrons. The molecule has 1 aliphatic heterocycles. The summed E-state index contributed by atoms with van der Waals surface area (Å²) in [6.45, 7) is 0.977. The van der Waals surface area contributed by atoms with E-state index in [-0.39, 0.29) is 48.6 Å². The van der Waals surface area contributed by atoms with Gasteiger partial charge in [0.2, 0.25) is 5.91 Å². The number of carbonyl (C=O) groups is 2. The first-order valence-corrected chi connectivity index (χ1v) is 6.53. The highest BCUT2D eigenvalue weighted by atomic mass is 16.6. The monoisotopic (exact) mass is 267 g/mol. The summed E-state index contributed by atoms with van der Waals surface area (Å²) in [5, 5.41) is 11.3. The van der Waals surface area contributed by atoms with Crippen LogP contribution in [0.25, 0.3) is 0 Å². The molecule has 5 atom stereocenters. The minimum atomic E-state index is -0.349. The van der Waals surface area contributed by atoms with E-state index in [1.165, 1.54) is 0 Å². The molecule has 1 heterocycles. The van der Waals surface area contributed by atoms with Crippen molar-refractivity contribution in [3.05, 3.63) is 12.2 Å². The van der Waals surface area contributed by atoms with Crippen molar-refractivity contribution in [2.24, 2.45) is 17.8 Å². The molecule has 2 N–H and O–H groups in total. The predicted molar refractivity (Wildman–Crippen MR) is 64.2 cm³/mol. The fraction of sp³-hybridized carbons (Fsp3) is 0.692. The summed E-state index contributed by atoms with van der Waals surface area (Å²) in [6.07, 6.45) is 4.64. The van der Waals surface area contributed by atoms with Crippen LogP contribution in [-0.2, 0) is 19.1 Å². The highest BCUT2D eigenvalue weighted by Crippen LogP contribution is 2.64. The zero-order valence-corrected chi connectivity index (χ0v) is 10.5. The quantitative estimate of drug-likeness (QED) is 0.264. The second-order valence-electron chi connectivity index (χ2n) is 5.14. The number of rotatable bonds is 7. The Morgan fingerprint density at radius 2 is 2.37 bits per heavy atom. The SMILES string of the molecule is O=CC1C(C(=O)NCCOCCO)C2C=CC23OC13. The number of aliphatic hydroxyl groups excluding tert-OH is 1. The molecule has 0 bridgehead atoms. The summed E-state index contributed by atoms with van der Waals surface area (Å²) in [4.78, 5) is 23.3. The van der Waals surface area contributed by atoms with Gasteiger partial charge in [-0.2, -0.15) is 0 Å². The molecule has 104 valence electrons. The molecule has 3 rings (SSSR count). The summed E-state index contributed by atoms with van der Waals surface area (Å²) in [7, 11) is 0. The van der Waals surface area contributed by atoms with Gasteiger partial charge in [-0.1, -0.05) is 12.2 Å². The van der Waals surface area contributed by atoms with Crippen molar-refractivity contribution in [3.8, 4) is 0 Å². The van der Waals surface area contributed by atoms with Gasteiger partial charge in [-0.3, -0.25) is 4.79 Å². The molecule has 2 aliphatic carbocycles. The van der Waals surface area contributed by atoms with Gasteiger partial charge in [-0.05, 0) is 0 Å². The lowest BCUT2D eigenvalue weighted by atomic mass is 9.77. The molecule has 1 saturated carbocycles. The Morgan fingerprint density at radius 1 is 1.53 bits per heavy atom. The highest BCUT2D eigenvalue weighted by molar-refractivity contribution is 5.85. The maximum atomic E-state index is 12.1. The summed E-state index contributed by atoms with van der Waals surface area (Å²) >= 11 is 0. The van der Waals surface area contributed by atoms with Gasteiger partial charge in [0.05, 0.1) is 31.7 Å². The van der Waals surface area contributed by atoms with E-state index in [1.54, 1.807) is 0 Å². The van der Waals surface area contributed by atoms with Crippen molar-refractivity contribution >= 4 is 12.2 Å². The molecular formula is C13H17NO5. The zero-order chi connectivity index (χ0) is 13.5. The summed E-state index contributed by atoms with van der Waals surface area (Å²) in [5.74, 6) is -0.752. The molecule has 1 saturated heterocycles. The average Bonchev–Trinajstić information content (AvgIpc) is 3.11. The molecule has 6 heteroatoms. The number of amides is 1. The first-order valence-electron chi connectivity index (χ1n) is 6.53. The van der Waals surface area contributed by atoms with Gasteiger partial charge >= 0.3 is 0 Å². The van der Waals surface area contributed by atoms with E-state index in [1.807, 2.05) is 12.2 Å². The van der Waals surface area contributed by atoms with Crippen LogP contribution < -0.4 is 5.32 Å². The molecule has 6 nitrogen and oxygen atoms in total. The minimum Gasteiger partial charge on any atom is -0.394 e. The fourth-order valence-electron chi connectivity index (χ4n) is 3.22. The van der Waals surface area contributed by atoms with Gasteiger partial charge in [0.15, 0.2) is 0 Å². The van der Waals surface area contributed by atoms with Crippen LogP contribution in [0.4, 0.5) is 0 Å². The van der Waals surface area contributed by atoms with Crippen LogP contribution in [0.2, 0.25) is 0 Å². The number of hydrogen-bond donors (Lipinski definition) is 2. The van der Waals surface area contributed by atoms with Crippen molar-refractivity contribution in [2.75, 3.05) is 26.4 Å². The van der Waals surface area contributed by atoms with E-state index in [4.69, 9.17) is 14.6 Å². The third-order valence-electron chi connectivity index (χ3n) is 4.20. The van der Waals surface area contributed by atoms with E-state index in [0.29, 0.717) is 13.2 Å². The summed E-state index contributed by atoms with van der Waals surface area (Å²) in [6, 6.07) is 0. The van der Waals surface area contributed by atoms with Crippen LogP contribution in [0.5, 0.6) is 0 Å². The largest absolute Gasteiger partial charge is 0.394 e. The van der Waals surface area contributed by atoms with Crippen LogP contribution in [0.3, 0.4) is 0 Å². The highest BCUT2D eigenvalue weighted by Gasteiger charge is 2.76. The molecule has 1 spiro atoms. The number of epoxide rings is 1. The van der Waals surface area contributed by atoms with Crippen molar-refractivity contribution in [1.82, 2.24) is 5.32 Å². The van der Waals surface area contributed by atoms with Crippen LogP contribution in [0.15, 0.2) is 12.2 Å². The van der Waals surface area contributed by atoms with Crippen LogP contribution in [-0.4, -0.2) is 55.4 Å². The zero-order valence-electron chi connectivity index (χ0n) is 10.5. The average molecular weight is 267 g/mol. The lowest BCUT2D eigenvalue weighted by Gasteiger charge is -2.29. The van der Waals surface area contributed by atoms with Gasteiger partial charge in [0.25, 0.3) is 0 Å². The smallest absolute Gasteiger partial charge is 0.224 e. The second kappa shape index (κ2) is 4.70. The fourth-order valence-corrected chi connectivity index (χ4v) is 3.22. The van der Waals surface area contributed by atoms with E-state index < -0.39 is 0 Å². The Hall–Kier alpha value is -1.24. The molecule has 0 aromatic carbocycles. The van der Waals surface area contributed by atoms with Crippen molar-refractivity contribution in [3.63, 3.8) is 0 Å². The van der Waals surface area contributed by atoms with E-state index >= 15 is 0 Å². The molecule has 0 aromatic rings. The molecule has 2 fully saturated rings. The first-order chi connectivity index (χ1) is 9.24. The predicted octanol–water partition coefficient (Wildman–Crippen LogP) is -1.12. The van der Waals surface area contributed by atoms with Gasteiger partial charge in [0, 0.05) is 12.5 Å².